The van der Waals surface area contributed by atoms with Gasteiger partial charge < -0.3 is 9.84 Å². The van der Waals surface area contributed by atoms with Crippen LogP contribution in [0.25, 0.3) is 0 Å². The maximum absolute atomic E-state index is 13.3. The number of benzene rings is 2. The summed E-state index contributed by atoms with van der Waals surface area (Å²) in [6, 6.07) is 8.80. The first kappa shape index (κ1) is 15.3. The molecule has 0 spiro atoms. The van der Waals surface area contributed by atoms with Crippen molar-refractivity contribution in [3.8, 4) is 5.75 Å². The van der Waals surface area contributed by atoms with Crippen LogP contribution in [0.4, 0.5) is 17.6 Å². The van der Waals surface area contributed by atoms with Crippen LogP contribution in [0.3, 0.4) is 0 Å². The van der Waals surface area contributed by atoms with Crippen LogP contribution in [0, 0.1) is 5.82 Å². The number of ether oxygens (including phenoxy) is 1. The fraction of sp³-hybridized carbons (Fsp3) is 0.200. The van der Waals surface area contributed by atoms with Crippen LogP contribution in [0.1, 0.15) is 22.8 Å². The zero-order valence-corrected chi connectivity index (χ0v) is 11.0. The van der Waals surface area contributed by atoms with E-state index in [-0.39, 0.29) is 5.56 Å². The molecular weight excluding hydrogens is 288 g/mol. The largest absolute Gasteiger partial charge is 0.496 e. The summed E-state index contributed by atoms with van der Waals surface area (Å²) in [4.78, 5) is 0. The number of hydrogen-bond acceptors (Lipinski definition) is 2. The Kier molecular flexibility index (Phi) is 4.18. The van der Waals surface area contributed by atoms with E-state index in [4.69, 9.17) is 4.74 Å². The lowest BCUT2D eigenvalue weighted by atomic mass is 9.98. The standard InChI is InChI=1S/C15H12F4O2/c1-21-13-5-3-2-4-10(13)14(20)9-6-7-12(16)11(8-9)15(17,18)19/h2-8,14,20H,1H3. The van der Waals surface area contributed by atoms with Crippen LogP contribution < -0.4 is 4.74 Å². The van der Waals surface area contributed by atoms with E-state index < -0.39 is 23.7 Å². The Morgan fingerprint density at radius 1 is 1.10 bits per heavy atom. The van der Waals surface area contributed by atoms with Crippen LogP contribution in [-0.4, -0.2) is 12.2 Å². The van der Waals surface area contributed by atoms with E-state index in [1.807, 2.05) is 0 Å². The zero-order chi connectivity index (χ0) is 15.6. The van der Waals surface area contributed by atoms with E-state index in [0.29, 0.717) is 23.4 Å². The molecule has 0 heterocycles. The SMILES string of the molecule is COc1ccccc1C(O)c1ccc(F)c(C(F)(F)F)c1. The molecular formula is C15H12F4O2. The minimum absolute atomic E-state index is 0.0618. The van der Waals surface area contributed by atoms with Gasteiger partial charge in [-0.1, -0.05) is 24.3 Å². The average Bonchev–Trinajstić information content (AvgIpc) is 2.45. The predicted octanol–water partition coefficient (Wildman–Crippen LogP) is 3.93. The third-order valence-corrected chi connectivity index (χ3v) is 3.05. The summed E-state index contributed by atoms with van der Waals surface area (Å²) in [5, 5.41) is 10.2. The van der Waals surface area contributed by atoms with Gasteiger partial charge >= 0.3 is 6.18 Å². The lowest BCUT2D eigenvalue weighted by Gasteiger charge is -2.17. The van der Waals surface area contributed by atoms with E-state index in [2.05, 4.69) is 0 Å². The summed E-state index contributed by atoms with van der Waals surface area (Å²) in [5.74, 6) is -1.04. The Morgan fingerprint density at radius 2 is 1.76 bits per heavy atom. The molecule has 0 amide bonds. The van der Waals surface area contributed by atoms with Gasteiger partial charge in [0.2, 0.25) is 0 Å². The Balaban J connectivity index is 2.47. The van der Waals surface area contributed by atoms with E-state index in [1.165, 1.54) is 13.2 Å². The van der Waals surface area contributed by atoms with Crippen LogP contribution in [0.2, 0.25) is 0 Å². The molecule has 0 saturated heterocycles. The third-order valence-electron chi connectivity index (χ3n) is 3.05. The number of rotatable bonds is 3. The van der Waals surface area contributed by atoms with Gasteiger partial charge in [-0.2, -0.15) is 13.2 Å². The Morgan fingerprint density at radius 3 is 2.38 bits per heavy atom. The fourth-order valence-corrected chi connectivity index (χ4v) is 2.00. The van der Waals surface area contributed by atoms with E-state index in [9.17, 15) is 22.7 Å². The van der Waals surface area contributed by atoms with Crippen LogP contribution in [-0.2, 0) is 6.18 Å². The van der Waals surface area contributed by atoms with E-state index in [1.54, 1.807) is 18.2 Å². The summed E-state index contributed by atoms with van der Waals surface area (Å²) in [5.41, 5.74) is -1.16. The van der Waals surface area contributed by atoms with Gasteiger partial charge in [0.1, 0.15) is 17.7 Å². The van der Waals surface area contributed by atoms with Crippen LogP contribution in [0.5, 0.6) is 5.75 Å². The molecule has 6 heteroatoms. The van der Waals surface area contributed by atoms with Crippen molar-refractivity contribution < 1.29 is 27.4 Å². The number of aliphatic hydroxyl groups is 1. The smallest absolute Gasteiger partial charge is 0.419 e. The summed E-state index contributed by atoms with van der Waals surface area (Å²) in [6.45, 7) is 0. The normalized spacial score (nSPS) is 13.0. The minimum atomic E-state index is -4.82. The topological polar surface area (TPSA) is 29.5 Å². The maximum Gasteiger partial charge on any atom is 0.419 e. The highest BCUT2D eigenvalue weighted by Gasteiger charge is 2.34. The molecule has 0 aromatic heterocycles. The molecule has 2 rings (SSSR count). The highest BCUT2D eigenvalue weighted by Crippen LogP contribution is 2.35. The van der Waals surface area contributed by atoms with Crippen LogP contribution >= 0.6 is 0 Å². The van der Waals surface area contributed by atoms with Crippen molar-refractivity contribution in [3.05, 3.63) is 65.0 Å². The van der Waals surface area contributed by atoms with Crippen molar-refractivity contribution in [2.75, 3.05) is 7.11 Å². The Bertz CT molecular complexity index is 638. The molecule has 1 unspecified atom stereocenters. The Hall–Kier alpha value is -2.08. The molecule has 0 saturated carbocycles. The first-order valence-corrected chi connectivity index (χ1v) is 6.02. The first-order valence-electron chi connectivity index (χ1n) is 6.02. The quantitative estimate of drug-likeness (QED) is 0.870. The minimum Gasteiger partial charge on any atom is -0.496 e. The molecule has 2 aromatic rings. The average molecular weight is 300 g/mol. The van der Waals surface area contributed by atoms with Crippen molar-refractivity contribution in [2.24, 2.45) is 0 Å². The molecule has 2 nitrogen and oxygen atoms in total. The molecule has 1 N–H and O–H groups in total. The molecule has 0 aliphatic rings. The highest BCUT2D eigenvalue weighted by molar-refractivity contribution is 5.41. The molecule has 0 aliphatic carbocycles. The lowest BCUT2D eigenvalue weighted by Crippen LogP contribution is -2.10. The van der Waals surface area contributed by atoms with Gasteiger partial charge in [0.05, 0.1) is 12.7 Å². The van der Waals surface area contributed by atoms with Crippen molar-refractivity contribution in [1.29, 1.82) is 0 Å². The molecule has 2 aromatic carbocycles. The third kappa shape index (κ3) is 3.16. The van der Waals surface area contributed by atoms with Gasteiger partial charge in [0.25, 0.3) is 0 Å². The second-order valence-corrected chi connectivity index (χ2v) is 4.38. The number of aliphatic hydroxyl groups excluding tert-OH is 1. The number of hydrogen-bond donors (Lipinski definition) is 1. The zero-order valence-electron chi connectivity index (χ0n) is 11.0. The van der Waals surface area contributed by atoms with Gasteiger partial charge in [-0.05, 0) is 23.8 Å². The Labute approximate surface area is 118 Å². The molecule has 21 heavy (non-hydrogen) atoms. The number of alkyl halides is 3. The van der Waals surface area contributed by atoms with E-state index >= 15 is 0 Å². The lowest BCUT2D eigenvalue weighted by molar-refractivity contribution is -0.140. The summed E-state index contributed by atoms with van der Waals surface area (Å²) < 4.78 is 56.4. The van der Waals surface area contributed by atoms with Gasteiger partial charge in [-0.3, -0.25) is 0 Å². The number of halogens is 4. The van der Waals surface area contributed by atoms with E-state index in [0.717, 1.165) is 6.07 Å². The van der Waals surface area contributed by atoms with Crippen LogP contribution in [0.15, 0.2) is 42.5 Å². The molecule has 0 radical (unpaired) electrons. The molecule has 1 atom stereocenters. The van der Waals surface area contributed by atoms with Crippen molar-refractivity contribution in [1.82, 2.24) is 0 Å². The maximum atomic E-state index is 13.3. The monoisotopic (exact) mass is 300 g/mol. The second-order valence-electron chi connectivity index (χ2n) is 4.38. The highest BCUT2D eigenvalue weighted by atomic mass is 19.4. The molecule has 0 bridgehead atoms. The predicted molar refractivity (Wildman–Crippen MR) is 68.5 cm³/mol. The second kappa shape index (κ2) is 5.73. The van der Waals surface area contributed by atoms with Gasteiger partial charge in [-0.25, -0.2) is 4.39 Å². The molecule has 0 aliphatic heterocycles. The van der Waals surface area contributed by atoms with Gasteiger partial charge in [0.15, 0.2) is 0 Å². The van der Waals surface area contributed by atoms with Crippen molar-refractivity contribution >= 4 is 0 Å². The summed E-state index contributed by atoms with van der Waals surface area (Å²) in [7, 11) is 1.39. The molecule has 112 valence electrons. The van der Waals surface area contributed by atoms with Crippen molar-refractivity contribution in [3.63, 3.8) is 0 Å². The molecule has 0 fully saturated rings. The fourth-order valence-electron chi connectivity index (χ4n) is 2.00. The van der Waals surface area contributed by atoms with Gasteiger partial charge in [0, 0.05) is 5.56 Å². The number of para-hydroxylation sites is 1. The summed E-state index contributed by atoms with van der Waals surface area (Å²) in [6.07, 6.45) is -6.16. The first-order chi connectivity index (χ1) is 9.84. The van der Waals surface area contributed by atoms with Gasteiger partial charge in [-0.15, -0.1) is 0 Å². The van der Waals surface area contributed by atoms with Crippen molar-refractivity contribution in [2.45, 2.75) is 12.3 Å². The summed E-state index contributed by atoms with van der Waals surface area (Å²) >= 11 is 0. The number of methoxy groups -OCH3 is 1.